The highest BCUT2D eigenvalue weighted by molar-refractivity contribution is 5.99. The average molecular weight is 315 g/mol. The number of nitrogens with one attached hydrogen (secondary N) is 2. The van der Waals surface area contributed by atoms with Crippen molar-refractivity contribution in [1.29, 1.82) is 0 Å². The number of benzene rings is 1. The number of anilines is 2. The van der Waals surface area contributed by atoms with Crippen molar-refractivity contribution in [2.75, 3.05) is 5.32 Å². The SMILES string of the molecule is C#CC(C)(C)NC(=O)c1cccnc1Nc1ccc(F)cc1F. The van der Waals surface area contributed by atoms with E-state index in [-0.39, 0.29) is 17.1 Å². The van der Waals surface area contributed by atoms with Crippen molar-refractivity contribution in [2.45, 2.75) is 19.4 Å². The van der Waals surface area contributed by atoms with Crippen LogP contribution in [0, 0.1) is 24.0 Å². The number of aromatic nitrogens is 1. The van der Waals surface area contributed by atoms with Crippen LogP contribution < -0.4 is 10.6 Å². The van der Waals surface area contributed by atoms with Crippen LogP contribution in [0.3, 0.4) is 0 Å². The van der Waals surface area contributed by atoms with E-state index in [1.165, 1.54) is 18.3 Å². The van der Waals surface area contributed by atoms with Gasteiger partial charge in [0.1, 0.15) is 17.5 Å². The number of amides is 1. The molecule has 0 saturated heterocycles. The van der Waals surface area contributed by atoms with E-state index in [0.717, 1.165) is 12.1 Å². The van der Waals surface area contributed by atoms with E-state index >= 15 is 0 Å². The molecular weight excluding hydrogens is 300 g/mol. The third-order valence-electron chi connectivity index (χ3n) is 3.02. The van der Waals surface area contributed by atoms with Crippen molar-refractivity contribution < 1.29 is 13.6 Å². The third-order valence-corrected chi connectivity index (χ3v) is 3.02. The molecule has 0 saturated carbocycles. The molecule has 0 bridgehead atoms. The standard InChI is InChI=1S/C17H15F2N3O/c1-4-17(2,3)22-16(23)12-6-5-9-20-15(12)21-14-8-7-11(18)10-13(14)19/h1,5-10H,2-3H3,(H,20,21)(H,22,23). The fraction of sp³-hybridized carbons (Fsp3) is 0.176. The summed E-state index contributed by atoms with van der Waals surface area (Å²) < 4.78 is 26.7. The lowest BCUT2D eigenvalue weighted by Crippen LogP contribution is -2.42. The smallest absolute Gasteiger partial charge is 0.256 e. The zero-order valence-electron chi connectivity index (χ0n) is 12.7. The maximum Gasteiger partial charge on any atom is 0.256 e. The van der Waals surface area contributed by atoms with Crippen LogP contribution in [-0.4, -0.2) is 16.4 Å². The van der Waals surface area contributed by atoms with Gasteiger partial charge in [0.15, 0.2) is 0 Å². The van der Waals surface area contributed by atoms with Gasteiger partial charge in [-0.2, -0.15) is 0 Å². The topological polar surface area (TPSA) is 54.0 Å². The van der Waals surface area contributed by atoms with Gasteiger partial charge >= 0.3 is 0 Å². The minimum atomic E-state index is -0.842. The number of terminal acetylenes is 1. The van der Waals surface area contributed by atoms with Gasteiger partial charge in [0.05, 0.1) is 16.8 Å². The maximum absolute atomic E-state index is 13.7. The minimum absolute atomic E-state index is 0.00959. The number of rotatable bonds is 4. The highest BCUT2D eigenvalue weighted by Gasteiger charge is 2.21. The van der Waals surface area contributed by atoms with Gasteiger partial charge in [-0.15, -0.1) is 6.42 Å². The van der Waals surface area contributed by atoms with Crippen molar-refractivity contribution >= 4 is 17.4 Å². The Bertz CT molecular complexity index is 782. The molecule has 0 aliphatic carbocycles. The predicted octanol–water partition coefficient (Wildman–Crippen LogP) is 3.25. The Morgan fingerprint density at radius 2 is 2.04 bits per heavy atom. The van der Waals surface area contributed by atoms with E-state index in [1.807, 2.05) is 0 Å². The van der Waals surface area contributed by atoms with E-state index in [0.29, 0.717) is 0 Å². The molecule has 6 heteroatoms. The Hall–Kier alpha value is -2.94. The van der Waals surface area contributed by atoms with Crippen LogP contribution in [-0.2, 0) is 0 Å². The number of halogens is 2. The number of nitrogens with zero attached hydrogens (tertiary/aromatic N) is 1. The minimum Gasteiger partial charge on any atom is -0.337 e. The second-order valence-corrected chi connectivity index (χ2v) is 5.37. The molecule has 118 valence electrons. The van der Waals surface area contributed by atoms with Crippen LogP contribution in [0.15, 0.2) is 36.5 Å². The lowest BCUT2D eigenvalue weighted by molar-refractivity contribution is 0.0930. The molecular formula is C17H15F2N3O. The van der Waals surface area contributed by atoms with Gasteiger partial charge in [-0.3, -0.25) is 4.79 Å². The predicted molar refractivity (Wildman–Crippen MR) is 84.3 cm³/mol. The quantitative estimate of drug-likeness (QED) is 0.852. The Morgan fingerprint density at radius 1 is 1.30 bits per heavy atom. The summed E-state index contributed by atoms with van der Waals surface area (Å²) in [5.74, 6) is 0.663. The van der Waals surface area contributed by atoms with Gasteiger partial charge in [0, 0.05) is 12.3 Å². The van der Waals surface area contributed by atoms with E-state index in [4.69, 9.17) is 6.42 Å². The molecule has 2 aromatic rings. The molecule has 1 aromatic carbocycles. The van der Waals surface area contributed by atoms with Crippen molar-refractivity contribution in [2.24, 2.45) is 0 Å². The van der Waals surface area contributed by atoms with Gasteiger partial charge in [0.2, 0.25) is 0 Å². The van der Waals surface area contributed by atoms with Crippen LogP contribution in [0.2, 0.25) is 0 Å². The van der Waals surface area contributed by atoms with Crippen LogP contribution in [0.1, 0.15) is 24.2 Å². The number of carbonyl (C=O) groups excluding carboxylic acids is 1. The second kappa shape index (κ2) is 6.44. The molecule has 0 aliphatic rings. The molecule has 1 amide bonds. The molecule has 2 N–H and O–H groups in total. The molecule has 1 aromatic heterocycles. The van der Waals surface area contributed by atoms with Gasteiger partial charge in [-0.1, -0.05) is 5.92 Å². The first-order valence-electron chi connectivity index (χ1n) is 6.80. The van der Waals surface area contributed by atoms with E-state index in [2.05, 4.69) is 21.5 Å². The molecule has 0 fully saturated rings. The Labute approximate surface area is 132 Å². The summed E-state index contributed by atoms with van der Waals surface area (Å²) >= 11 is 0. The third kappa shape index (κ3) is 4.04. The summed E-state index contributed by atoms with van der Waals surface area (Å²) in [4.78, 5) is 16.4. The first-order valence-corrected chi connectivity index (χ1v) is 6.80. The lowest BCUT2D eigenvalue weighted by Gasteiger charge is -2.20. The van der Waals surface area contributed by atoms with Crippen molar-refractivity contribution in [3.8, 4) is 12.3 Å². The summed E-state index contributed by atoms with van der Waals surface area (Å²) in [6.45, 7) is 3.35. The largest absolute Gasteiger partial charge is 0.337 e. The second-order valence-electron chi connectivity index (χ2n) is 5.37. The highest BCUT2D eigenvalue weighted by atomic mass is 19.1. The Kier molecular flexibility index (Phi) is 4.60. The van der Waals surface area contributed by atoms with Crippen molar-refractivity contribution in [3.63, 3.8) is 0 Å². The fourth-order valence-corrected chi connectivity index (χ4v) is 1.79. The number of hydrogen-bond acceptors (Lipinski definition) is 3. The van der Waals surface area contributed by atoms with Crippen molar-refractivity contribution in [3.05, 3.63) is 53.7 Å². The van der Waals surface area contributed by atoms with Crippen LogP contribution in [0.4, 0.5) is 20.3 Å². The van der Waals surface area contributed by atoms with Gasteiger partial charge in [-0.05, 0) is 38.1 Å². The number of pyridine rings is 1. The number of carbonyl (C=O) groups is 1. The maximum atomic E-state index is 13.7. The lowest BCUT2D eigenvalue weighted by atomic mass is 10.1. The Morgan fingerprint density at radius 3 is 2.70 bits per heavy atom. The molecule has 1 heterocycles. The molecule has 0 spiro atoms. The van der Waals surface area contributed by atoms with Crippen molar-refractivity contribution in [1.82, 2.24) is 10.3 Å². The van der Waals surface area contributed by atoms with Gasteiger partial charge in [-0.25, -0.2) is 13.8 Å². The highest BCUT2D eigenvalue weighted by Crippen LogP contribution is 2.22. The zero-order valence-corrected chi connectivity index (χ0v) is 12.7. The molecule has 0 radical (unpaired) electrons. The first kappa shape index (κ1) is 16.4. The summed E-state index contributed by atoms with van der Waals surface area (Å²) in [6, 6.07) is 6.18. The summed E-state index contributed by atoms with van der Waals surface area (Å²) in [5.41, 5.74) is -0.638. The summed E-state index contributed by atoms with van der Waals surface area (Å²) in [7, 11) is 0. The number of hydrogen-bond donors (Lipinski definition) is 2. The molecule has 0 atom stereocenters. The molecule has 0 aliphatic heterocycles. The van der Waals surface area contributed by atoms with Gasteiger partial charge in [0.25, 0.3) is 5.91 Å². The first-order chi connectivity index (χ1) is 10.8. The van der Waals surface area contributed by atoms with E-state index < -0.39 is 23.1 Å². The van der Waals surface area contributed by atoms with E-state index in [1.54, 1.807) is 19.9 Å². The molecule has 2 rings (SSSR count). The van der Waals surface area contributed by atoms with E-state index in [9.17, 15) is 13.6 Å². The van der Waals surface area contributed by atoms with Crippen LogP contribution in [0.25, 0.3) is 0 Å². The molecule has 23 heavy (non-hydrogen) atoms. The molecule has 0 unspecified atom stereocenters. The van der Waals surface area contributed by atoms with Crippen LogP contribution in [0.5, 0.6) is 0 Å². The monoisotopic (exact) mass is 315 g/mol. The molecule has 4 nitrogen and oxygen atoms in total. The summed E-state index contributed by atoms with van der Waals surface area (Å²) in [6.07, 6.45) is 6.80. The normalized spacial score (nSPS) is 10.7. The van der Waals surface area contributed by atoms with Gasteiger partial charge < -0.3 is 10.6 Å². The van der Waals surface area contributed by atoms with Crippen LogP contribution >= 0.6 is 0 Å². The Balaban J connectivity index is 2.31. The average Bonchev–Trinajstić information content (AvgIpc) is 2.50. The fourth-order valence-electron chi connectivity index (χ4n) is 1.79. The zero-order chi connectivity index (χ0) is 17.0. The summed E-state index contributed by atoms with van der Waals surface area (Å²) in [5, 5.41) is 5.35.